The van der Waals surface area contributed by atoms with Crippen LogP contribution in [0.5, 0.6) is 0 Å². The van der Waals surface area contributed by atoms with E-state index in [1.165, 1.54) is 16.6 Å². The van der Waals surface area contributed by atoms with Gasteiger partial charge in [0.15, 0.2) is 0 Å². The van der Waals surface area contributed by atoms with Gasteiger partial charge in [0.25, 0.3) is 0 Å². The van der Waals surface area contributed by atoms with E-state index in [9.17, 15) is 5.11 Å². The van der Waals surface area contributed by atoms with Gasteiger partial charge in [-0.2, -0.15) is 0 Å². The molecule has 0 fully saturated rings. The van der Waals surface area contributed by atoms with Crippen molar-refractivity contribution in [3.05, 3.63) is 34.5 Å². The monoisotopic (exact) mass is 278 g/mol. The molecule has 0 aliphatic carbocycles. The summed E-state index contributed by atoms with van der Waals surface area (Å²) in [5, 5.41) is 11.8. The summed E-state index contributed by atoms with van der Waals surface area (Å²) in [5.41, 5.74) is 3.82. The van der Waals surface area contributed by atoms with Gasteiger partial charge in [-0.3, -0.25) is 4.90 Å². The lowest BCUT2D eigenvalue weighted by Crippen LogP contribution is -2.36. The maximum atomic E-state index is 9.80. The number of nitrogens with zero attached hydrogens (tertiary/aromatic N) is 1. The van der Waals surface area contributed by atoms with Crippen molar-refractivity contribution in [3.63, 3.8) is 0 Å². The Labute approximate surface area is 118 Å². The molecule has 0 amide bonds. The third-order valence-corrected chi connectivity index (χ3v) is 4.19. The molecule has 1 aliphatic rings. The van der Waals surface area contributed by atoms with Crippen molar-refractivity contribution in [2.45, 2.75) is 32.4 Å². The van der Waals surface area contributed by atoms with E-state index in [1.807, 2.05) is 25.1 Å². The summed E-state index contributed by atoms with van der Waals surface area (Å²) in [4.78, 5) is 5.81. The van der Waals surface area contributed by atoms with E-state index in [1.54, 1.807) is 0 Å². The molecule has 0 unspecified atom stereocenters. The number of aliphatic hydroxyl groups is 1. The minimum Gasteiger partial charge on any atom is -0.392 e. The van der Waals surface area contributed by atoms with Gasteiger partial charge in [-0.25, -0.2) is 0 Å². The quantitative estimate of drug-likeness (QED) is 0.906. The second-order valence-corrected chi connectivity index (χ2v) is 5.76. The second kappa shape index (κ2) is 5.16. The molecule has 1 aromatic carbocycles. The molecule has 2 N–H and O–H groups in total. The van der Waals surface area contributed by atoms with Crippen molar-refractivity contribution in [2.75, 3.05) is 13.1 Å². The molecule has 102 valence electrons. The van der Waals surface area contributed by atoms with E-state index in [-0.39, 0.29) is 6.10 Å². The van der Waals surface area contributed by atoms with Crippen LogP contribution < -0.4 is 0 Å². The molecule has 2 heterocycles. The SMILES string of the molecule is CC[C@@H](O)CN1CCc2[nH]c3ccc(Cl)cc3c2C1. The van der Waals surface area contributed by atoms with Crippen LogP contribution in [-0.4, -0.2) is 34.2 Å². The largest absolute Gasteiger partial charge is 0.392 e. The van der Waals surface area contributed by atoms with Gasteiger partial charge in [-0.05, 0) is 30.2 Å². The predicted octanol–water partition coefficient (Wildman–Crippen LogP) is 2.95. The highest BCUT2D eigenvalue weighted by molar-refractivity contribution is 6.31. The molecule has 0 saturated heterocycles. The fourth-order valence-electron chi connectivity index (χ4n) is 2.83. The normalized spacial score (nSPS) is 17.6. The first-order valence-corrected chi connectivity index (χ1v) is 7.24. The van der Waals surface area contributed by atoms with Crippen molar-refractivity contribution < 1.29 is 5.11 Å². The Morgan fingerprint density at radius 2 is 2.32 bits per heavy atom. The number of β-amino-alcohol motifs (C(OH)–C–C–N with tert-alkyl or cyclic N) is 1. The Bertz CT molecular complexity index is 593. The van der Waals surface area contributed by atoms with Crippen molar-refractivity contribution in [1.82, 2.24) is 9.88 Å². The van der Waals surface area contributed by atoms with E-state index in [0.717, 1.165) is 43.0 Å². The summed E-state index contributed by atoms with van der Waals surface area (Å²) in [7, 11) is 0. The molecule has 19 heavy (non-hydrogen) atoms. The molecule has 1 atom stereocenters. The van der Waals surface area contributed by atoms with Crippen molar-refractivity contribution in [1.29, 1.82) is 0 Å². The lowest BCUT2D eigenvalue weighted by atomic mass is 10.0. The molecule has 4 heteroatoms. The summed E-state index contributed by atoms with van der Waals surface area (Å²) >= 11 is 6.09. The van der Waals surface area contributed by atoms with Crippen LogP contribution in [0.4, 0.5) is 0 Å². The Hall–Kier alpha value is -1.03. The van der Waals surface area contributed by atoms with Crippen LogP contribution in [0.2, 0.25) is 5.02 Å². The molecule has 2 aromatic rings. The highest BCUT2D eigenvalue weighted by Crippen LogP contribution is 2.29. The van der Waals surface area contributed by atoms with Crippen LogP contribution in [-0.2, 0) is 13.0 Å². The summed E-state index contributed by atoms with van der Waals surface area (Å²) in [6, 6.07) is 6.00. The smallest absolute Gasteiger partial charge is 0.0664 e. The molecule has 0 spiro atoms. The third-order valence-electron chi connectivity index (χ3n) is 3.96. The van der Waals surface area contributed by atoms with E-state index in [0.29, 0.717) is 0 Å². The molecule has 3 rings (SSSR count). The standard InChI is InChI=1S/C15H19ClN2O/c1-2-11(19)8-18-6-5-15-13(9-18)12-7-10(16)3-4-14(12)17-15/h3-4,7,11,17,19H,2,5-6,8-9H2,1H3/t11-/m1/s1. The second-order valence-electron chi connectivity index (χ2n) is 5.32. The molecular weight excluding hydrogens is 260 g/mol. The average Bonchev–Trinajstić information content (AvgIpc) is 2.76. The molecule has 1 aliphatic heterocycles. The summed E-state index contributed by atoms with van der Waals surface area (Å²) in [6.07, 6.45) is 1.59. The Balaban J connectivity index is 1.90. The molecular formula is C15H19ClN2O. The van der Waals surface area contributed by atoms with Gasteiger partial charge >= 0.3 is 0 Å². The van der Waals surface area contributed by atoms with Gasteiger partial charge < -0.3 is 10.1 Å². The first kappa shape index (κ1) is 13.0. The van der Waals surface area contributed by atoms with E-state index >= 15 is 0 Å². The Morgan fingerprint density at radius 1 is 1.47 bits per heavy atom. The number of hydrogen-bond acceptors (Lipinski definition) is 2. The number of aromatic amines is 1. The zero-order chi connectivity index (χ0) is 13.4. The van der Waals surface area contributed by atoms with Crippen molar-refractivity contribution in [3.8, 4) is 0 Å². The minimum absolute atomic E-state index is 0.227. The van der Waals surface area contributed by atoms with Crippen LogP contribution in [0.3, 0.4) is 0 Å². The van der Waals surface area contributed by atoms with Crippen molar-refractivity contribution in [2.24, 2.45) is 0 Å². The highest BCUT2D eigenvalue weighted by atomic mass is 35.5. The van der Waals surface area contributed by atoms with Crippen LogP contribution in [0.15, 0.2) is 18.2 Å². The molecule has 3 nitrogen and oxygen atoms in total. The summed E-state index contributed by atoms with van der Waals surface area (Å²) in [6.45, 7) is 4.67. The van der Waals surface area contributed by atoms with Gasteiger partial charge in [-0.1, -0.05) is 18.5 Å². The van der Waals surface area contributed by atoms with E-state index in [4.69, 9.17) is 11.6 Å². The maximum absolute atomic E-state index is 9.80. The number of aliphatic hydroxyl groups excluding tert-OH is 1. The molecule has 0 radical (unpaired) electrons. The first-order valence-electron chi connectivity index (χ1n) is 6.86. The van der Waals surface area contributed by atoms with E-state index in [2.05, 4.69) is 9.88 Å². The third kappa shape index (κ3) is 2.50. The number of nitrogens with one attached hydrogen (secondary N) is 1. The highest BCUT2D eigenvalue weighted by Gasteiger charge is 2.21. The maximum Gasteiger partial charge on any atom is 0.0664 e. The zero-order valence-corrected chi connectivity index (χ0v) is 11.9. The van der Waals surface area contributed by atoms with Crippen LogP contribution in [0.1, 0.15) is 24.6 Å². The van der Waals surface area contributed by atoms with Gasteiger partial charge in [-0.15, -0.1) is 0 Å². The lowest BCUT2D eigenvalue weighted by molar-refractivity contribution is 0.102. The first-order chi connectivity index (χ1) is 9.17. The number of fused-ring (bicyclic) bond motifs is 3. The Morgan fingerprint density at radius 3 is 3.11 bits per heavy atom. The van der Waals surface area contributed by atoms with Gasteiger partial charge in [0.2, 0.25) is 0 Å². The fourth-order valence-corrected chi connectivity index (χ4v) is 3.00. The van der Waals surface area contributed by atoms with Gasteiger partial charge in [0.05, 0.1) is 6.10 Å². The summed E-state index contributed by atoms with van der Waals surface area (Å²) < 4.78 is 0. The number of H-pyrrole nitrogens is 1. The number of benzene rings is 1. The average molecular weight is 279 g/mol. The zero-order valence-electron chi connectivity index (χ0n) is 11.1. The van der Waals surface area contributed by atoms with Crippen molar-refractivity contribution >= 4 is 22.5 Å². The van der Waals surface area contributed by atoms with Crippen LogP contribution >= 0.6 is 11.6 Å². The Kier molecular flexibility index (Phi) is 3.52. The van der Waals surface area contributed by atoms with E-state index < -0.39 is 0 Å². The van der Waals surface area contributed by atoms with Crippen LogP contribution in [0, 0.1) is 0 Å². The topological polar surface area (TPSA) is 39.3 Å². The number of hydrogen-bond donors (Lipinski definition) is 2. The fraction of sp³-hybridized carbons (Fsp3) is 0.467. The number of halogens is 1. The number of rotatable bonds is 3. The van der Waals surface area contributed by atoms with Gasteiger partial charge in [0, 0.05) is 47.7 Å². The minimum atomic E-state index is -0.227. The lowest BCUT2D eigenvalue weighted by Gasteiger charge is -2.28. The molecule has 0 saturated carbocycles. The molecule has 1 aromatic heterocycles. The van der Waals surface area contributed by atoms with Crippen LogP contribution in [0.25, 0.3) is 10.9 Å². The predicted molar refractivity (Wildman–Crippen MR) is 78.6 cm³/mol. The van der Waals surface area contributed by atoms with Gasteiger partial charge in [0.1, 0.15) is 0 Å². The summed E-state index contributed by atoms with van der Waals surface area (Å²) in [5.74, 6) is 0. The molecule has 0 bridgehead atoms. The number of aromatic nitrogens is 1.